The third-order valence-corrected chi connectivity index (χ3v) is 3.13. The number of hydrogen-bond donors (Lipinski definition) is 2. The summed E-state index contributed by atoms with van der Waals surface area (Å²) in [4.78, 5) is 10.8. The van der Waals surface area contributed by atoms with Crippen molar-refractivity contribution in [1.29, 1.82) is 0 Å². The van der Waals surface area contributed by atoms with Crippen LogP contribution in [0.1, 0.15) is 18.0 Å². The number of hydrogen-bond acceptors (Lipinski definition) is 3. The Bertz CT molecular complexity index is 596. The Morgan fingerprint density at radius 3 is 2.50 bits per heavy atom. The van der Waals surface area contributed by atoms with Crippen LogP contribution in [0.2, 0.25) is 0 Å². The summed E-state index contributed by atoms with van der Waals surface area (Å²) in [6.45, 7) is 0. The molecule has 0 fully saturated rings. The maximum absolute atomic E-state index is 10.8. The predicted molar refractivity (Wildman–Crippen MR) is 77.6 cm³/mol. The second kappa shape index (κ2) is 6.21. The lowest BCUT2D eigenvalue weighted by molar-refractivity contribution is -0.137. The van der Waals surface area contributed by atoms with E-state index in [1.54, 1.807) is 7.11 Å². The maximum atomic E-state index is 10.8. The first-order valence-electron chi connectivity index (χ1n) is 6.32. The first kappa shape index (κ1) is 14.1. The molecule has 2 aromatic carbocycles. The molecule has 0 aliphatic carbocycles. The fraction of sp³-hybridized carbons (Fsp3) is 0.188. The van der Waals surface area contributed by atoms with Gasteiger partial charge in [-0.2, -0.15) is 0 Å². The van der Waals surface area contributed by atoms with Gasteiger partial charge in [-0.05, 0) is 23.3 Å². The van der Waals surface area contributed by atoms with E-state index in [4.69, 9.17) is 15.6 Å². The molecule has 20 heavy (non-hydrogen) atoms. The molecule has 0 aliphatic rings. The molecule has 0 aromatic heterocycles. The van der Waals surface area contributed by atoms with Gasteiger partial charge in [0.15, 0.2) is 0 Å². The molecule has 0 saturated carbocycles. The van der Waals surface area contributed by atoms with Gasteiger partial charge in [0.05, 0.1) is 13.5 Å². The molecule has 4 nitrogen and oxygen atoms in total. The molecule has 0 spiro atoms. The largest absolute Gasteiger partial charge is 0.496 e. The van der Waals surface area contributed by atoms with Crippen LogP contribution in [0.25, 0.3) is 11.1 Å². The number of nitrogens with two attached hydrogens (primary N) is 1. The summed E-state index contributed by atoms with van der Waals surface area (Å²) in [6.07, 6.45) is -0.130. The summed E-state index contributed by atoms with van der Waals surface area (Å²) in [5.74, 6) is -0.317. The summed E-state index contributed by atoms with van der Waals surface area (Å²) in [5, 5.41) is 8.87. The van der Waals surface area contributed by atoms with Crippen LogP contribution in [0.5, 0.6) is 5.75 Å². The second-order valence-electron chi connectivity index (χ2n) is 4.53. The van der Waals surface area contributed by atoms with E-state index in [9.17, 15) is 4.79 Å². The minimum Gasteiger partial charge on any atom is -0.496 e. The Morgan fingerprint density at radius 2 is 1.90 bits per heavy atom. The maximum Gasteiger partial charge on any atom is 0.305 e. The van der Waals surface area contributed by atoms with Crippen LogP contribution < -0.4 is 10.5 Å². The molecule has 104 valence electrons. The lowest BCUT2D eigenvalue weighted by Gasteiger charge is -2.15. The Labute approximate surface area is 117 Å². The molecule has 2 aromatic rings. The summed E-state index contributed by atoms with van der Waals surface area (Å²) >= 11 is 0. The highest BCUT2D eigenvalue weighted by Gasteiger charge is 2.16. The van der Waals surface area contributed by atoms with E-state index in [1.807, 2.05) is 48.5 Å². The fourth-order valence-corrected chi connectivity index (χ4v) is 2.13. The van der Waals surface area contributed by atoms with E-state index in [2.05, 4.69) is 0 Å². The van der Waals surface area contributed by atoms with Gasteiger partial charge >= 0.3 is 5.97 Å². The minimum atomic E-state index is -0.926. The highest BCUT2D eigenvalue weighted by atomic mass is 16.5. The van der Waals surface area contributed by atoms with Crippen molar-refractivity contribution < 1.29 is 14.6 Å². The molecule has 2 rings (SSSR count). The van der Waals surface area contributed by atoms with Gasteiger partial charge in [0.2, 0.25) is 0 Å². The number of aliphatic carboxylic acids is 1. The third-order valence-electron chi connectivity index (χ3n) is 3.13. The summed E-state index contributed by atoms with van der Waals surface area (Å²) in [7, 11) is 1.55. The summed E-state index contributed by atoms with van der Waals surface area (Å²) in [5.41, 5.74) is 8.71. The Kier molecular flexibility index (Phi) is 4.38. The monoisotopic (exact) mass is 271 g/mol. The fourth-order valence-electron chi connectivity index (χ4n) is 2.13. The van der Waals surface area contributed by atoms with Crippen molar-refractivity contribution in [2.24, 2.45) is 5.73 Å². The van der Waals surface area contributed by atoms with Crippen molar-refractivity contribution in [2.45, 2.75) is 12.5 Å². The average Bonchev–Trinajstić information content (AvgIpc) is 2.46. The van der Waals surface area contributed by atoms with Crippen molar-refractivity contribution >= 4 is 5.97 Å². The first-order valence-corrected chi connectivity index (χ1v) is 6.32. The number of carbonyl (C=O) groups is 1. The zero-order valence-corrected chi connectivity index (χ0v) is 11.2. The number of carboxylic acids is 1. The predicted octanol–water partition coefficient (Wildman–Crippen LogP) is 2.84. The Morgan fingerprint density at radius 1 is 1.20 bits per heavy atom. The number of benzene rings is 2. The van der Waals surface area contributed by atoms with Crippen molar-refractivity contribution in [3.05, 3.63) is 54.1 Å². The minimum absolute atomic E-state index is 0.130. The van der Waals surface area contributed by atoms with E-state index in [1.165, 1.54) is 0 Å². The van der Waals surface area contributed by atoms with Crippen LogP contribution in [0, 0.1) is 0 Å². The van der Waals surface area contributed by atoms with Crippen molar-refractivity contribution in [3.8, 4) is 16.9 Å². The molecule has 0 amide bonds. The number of rotatable bonds is 5. The van der Waals surface area contributed by atoms with Crippen LogP contribution in [-0.4, -0.2) is 18.2 Å². The van der Waals surface area contributed by atoms with E-state index in [0.717, 1.165) is 11.1 Å². The lowest BCUT2D eigenvalue weighted by atomic mass is 9.97. The van der Waals surface area contributed by atoms with Gasteiger partial charge < -0.3 is 15.6 Å². The van der Waals surface area contributed by atoms with Crippen molar-refractivity contribution in [2.75, 3.05) is 7.11 Å². The van der Waals surface area contributed by atoms with E-state index >= 15 is 0 Å². The van der Waals surface area contributed by atoms with E-state index in [-0.39, 0.29) is 6.42 Å². The van der Waals surface area contributed by atoms with Gasteiger partial charge in [-0.15, -0.1) is 0 Å². The zero-order valence-electron chi connectivity index (χ0n) is 11.2. The number of methoxy groups -OCH3 is 1. The van der Waals surface area contributed by atoms with Gasteiger partial charge in [0.1, 0.15) is 5.75 Å². The quantitative estimate of drug-likeness (QED) is 0.877. The SMILES string of the molecule is COc1ccc(-c2ccccc2)cc1[C@@H](N)CC(=O)O. The molecular weight excluding hydrogens is 254 g/mol. The normalized spacial score (nSPS) is 11.9. The van der Waals surface area contributed by atoms with Gasteiger partial charge in [0, 0.05) is 11.6 Å². The lowest BCUT2D eigenvalue weighted by Crippen LogP contribution is -2.16. The smallest absolute Gasteiger partial charge is 0.305 e. The summed E-state index contributed by atoms with van der Waals surface area (Å²) in [6, 6.07) is 14.9. The van der Waals surface area contributed by atoms with Crippen molar-refractivity contribution in [3.63, 3.8) is 0 Å². The van der Waals surface area contributed by atoms with Gasteiger partial charge in [0.25, 0.3) is 0 Å². The molecule has 3 N–H and O–H groups in total. The van der Waals surface area contributed by atoms with Crippen LogP contribution in [0.4, 0.5) is 0 Å². The standard InChI is InChI=1S/C16H17NO3/c1-20-15-8-7-12(11-5-3-2-4-6-11)9-13(15)14(17)10-16(18)19/h2-9,14H,10,17H2,1H3,(H,18,19)/t14-/m0/s1. The van der Waals surface area contributed by atoms with Gasteiger partial charge in [-0.1, -0.05) is 36.4 Å². The molecule has 0 unspecified atom stereocenters. The average molecular weight is 271 g/mol. The molecule has 1 atom stereocenters. The Balaban J connectivity index is 2.41. The van der Waals surface area contributed by atoms with Crippen LogP contribution in [-0.2, 0) is 4.79 Å². The summed E-state index contributed by atoms with van der Waals surface area (Å²) < 4.78 is 5.27. The molecule has 4 heteroatoms. The van der Waals surface area contributed by atoms with E-state index < -0.39 is 12.0 Å². The molecule has 0 saturated heterocycles. The second-order valence-corrected chi connectivity index (χ2v) is 4.53. The molecule has 0 aliphatic heterocycles. The van der Waals surface area contributed by atoms with Gasteiger partial charge in [-0.25, -0.2) is 0 Å². The zero-order chi connectivity index (χ0) is 14.5. The van der Waals surface area contributed by atoms with Crippen LogP contribution in [0.3, 0.4) is 0 Å². The highest BCUT2D eigenvalue weighted by Crippen LogP contribution is 2.31. The van der Waals surface area contributed by atoms with Crippen LogP contribution >= 0.6 is 0 Å². The number of ether oxygens (including phenoxy) is 1. The topological polar surface area (TPSA) is 72.5 Å². The molecular formula is C16H17NO3. The first-order chi connectivity index (χ1) is 9.61. The molecule has 0 bridgehead atoms. The van der Waals surface area contributed by atoms with E-state index in [0.29, 0.717) is 11.3 Å². The Hall–Kier alpha value is -2.33. The highest BCUT2D eigenvalue weighted by molar-refractivity contribution is 5.70. The third kappa shape index (κ3) is 3.16. The molecule has 0 radical (unpaired) electrons. The van der Waals surface area contributed by atoms with Crippen molar-refractivity contribution in [1.82, 2.24) is 0 Å². The molecule has 0 heterocycles. The number of carboxylic acid groups (broad SMARTS) is 1. The van der Waals surface area contributed by atoms with Gasteiger partial charge in [-0.3, -0.25) is 4.79 Å². The van der Waals surface area contributed by atoms with Crippen LogP contribution in [0.15, 0.2) is 48.5 Å².